The molecule has 7 nitrogen and oxygen atoms in total. The maximum Gasteiger partial charge on any atom is 0.308 e. The van der Waals surface area contributed by atoms with Gasteiger partial charge in [-0.2, -0.15) is 0 Å². The van der Waals surface area contributed by atoms with Crippen molar-refractivity contribution in [1.29, 1.82) is 0 Å². The molecule has 0 bridgehead atoms. The first-order valence-corrected chi connectivity index (χ1v) is 9.64. The fourth-order valence-electron chi connectivity index (χ4n) is 3.25. The van der Waals surface area contributed by atoms with E-state index in [2.05, 4.69) is 10.6 Å². The molecule has 1 aliphatic heterocycles. The molecule has 1 fully saturated rings. The quantitative estimate of drug-likeness (QED) is 0.600. The zero-order valence-corrected chi connectivity index (χ0v) is 16.6. The summed E-state index contributed by atoms with van der Waals surface area (Å²) in [5, 5.41) is 6.04. The second-order valence-corrected chi connectivity index (χ2v) is 6.96. The van der Waals surface area contributed by atoms with E-state index in [1.165, 1.54) is 6.92 Å². The highest BCUT2D eigenvalue weighted by molar-refractivity contribution is 6.06. The first kappa shape index (κ1) is 20.5. The molecule has 1 heterocycles. The first-order chi connectivity index (χ1) is 14.0. The number of hydrogen-bond donors (Lipinski definition) is 2. The highest BCUT2D eigenvalue weighted by Crippen LogP contribution is 2.23. The maximum absolute atomic E-state index is 12.7. The van der Waals surface area contributed by atoms with Gasteiger partial charge in [0.25, 0.3) is 5.91 Å². The summed E-state index contributed by atoms with van der Waals surface area (Å²) in [6.07, 6.45) is 0. The van der Waals surface area contributed by atoms with E-state index in [-0.39, 0.29) is 29.0 Å². The van der Waals surface area contributed by atoms with Gasteiger partial charge in [0.05, 0.1) is 11.5 Å². The molecule has 1 saturated heterocycles. The molecule has 2 aromatic rings. The Morgan fingerprint density at radius 2 is 1.69 bits per heavy atom. The Labute approximate surface area is 170 Å². The van der Waals surface area contributed by atoms with Gasteiger partial charge in [0.2, 0.25) is 5.91 Å². The Morgan fingerprint density at radius 3 is 2.34 bits per heavy atom. The van der Waals surface area contributed by atoms with Crippen LogP contribution in [0.15, 0.2) is 48.5 Å². The van der Waals surface area contributed by atoms with Crippen molar-refractivity contribution in [1.82, 2.24) is 10.2 Å². The number of amides is 2. The molecule has 0 spiro atoms. The third-order valence-electron chi connectivity index (χ3n) is 4.85. The lowest BCUT2D eigenvalue weighted by Gasteiger charge is -2.30. The van der Waals surface area contributed by atoms with Gasteiger partial charge in [-0.25, -0.2) is 0 Å². The van der Waals surface area contributed by atoms with Crippen molar-refractivity contribution in [3.05, 3.63) is 59.7 Å². The van der Waals surface area contributed by atoms with E-state index >= 15 is 0 Å². The van der Waals surface area contributed by atoms with E-state index < -0.39 is 5.97 Å². The molecule has 29 heavy (non-hydrogen) atoms. The number of hydrogen-bond acceptors (Lipinski definition) is 5. The number of para-hydroxylation sites is 1. The van der Waals surface area contributed by atoms with Crippen LogP contribution < -0.4 is 15.4 Å². The number of piperazine rings is 1. The van der Waals surface area contributed by atoms with E-state index in [4.69, 9.17) is 4.74 Å². The minimum Gasteiger partial charge on any atom is -0.426 e. The third-order valence-corrected chi connectivity index (χ3v) is 4.85. The zero-order valence-electron chi connectivity index (χ0n) is 16.6. The monoisotopic (exact) mass is 395 g/mol. The SMILES string of the molecule is CC(=O)Oc1ccccc1C(=O)Nc1ccc(C(C)C(=O)N2CCNCC2)cc1. The van der Waals surface area contributed by atoms with Crippen molar-refractivity contribution in [2.75, 3.05) is 31.5 Å². The summed E-state index contributed by atoms with van der Waals surface area (Å²) in [6.45, 7) is 6.26. The van der Waals surface area contributed by atoms with E-state index in [1.807, 2.05) is 24.0 Å². The minimum absolute atomic E-state index is 0.110. The van der Waals surface area contributed by atoms with E-state index in [9.17, 15) is 14.4 Å². The summed E-state index contributed by atoms with van der Waals surface area (Å²) in [4.78, 5) is 38.3. The fourth-order valence-corrected chi connectivity index (χ4v) is 3.25. The van der Waals surface area contributed by atoms with Gasteiger partial charge < -0.3 is 20.3 Å². The number of esters is 1. The van der Waals surface area contributed by atoms with Crippen LogP contribution in [0.5, 0.6) is 5.75 Å². The van der Waals surface area contributed by atoms with Crippen molar-refractivity contribution in [2.24, 2.45) is 0 Å². The highest BCUT2D eigenvalue weighted by Gasteiger charge is 2.23. The minimum atomic E-state index is -0.488. The molecule has 3 rings (SSSR count). The van der Waals surface area contributed by atoms with Crippen LogP contribution in [0.3, 0.4) is 0 Å². The Balaban J connectivity index is 1.67. The van der Waals surface area contributed by atoms with E-state index in [0.717, 1.165) is 31.7 Å². The highest BCUT2D eigenvalue weighted by atomic mass is 16.5. The van der Waals surface area contributed by atoms with Crippen LogP contribution >= 0.6 is 0 Å². The number of carbonyl (C=O) groups excluding carboxylic acids is 3. The number of rotatable bonds is 5. The number of carbonyl (C=O) groups is 3. The lowest BCUT2D eigenvalue weighted by Crippen LogP contribution is -2.47. The largest absolute Gasteiger partial charge is 0.426 e. The van der Waals surface area contributed by atoms with Gasteiger partial charge in [-0.1, -0.05) is 24.3 Å². The first-order valence-electron chi connectivity index (χ1n) is 9.64. The number of nitrogens with zero attached hydrogens (tertiary/aromatic N) is 1. The molecule has 0 aliphatic carbocycles. The average Bonchev–Trinajstić information content (AvgIpc) is 2.74. The number of anilines is 1. The van der Waals surface area contributed by atoms with Gasteiger partial charge in [-0.3, -0.25) is 14.4 Å². The van der Waals surface area contributed by atoms with Crippen LogP contribution in [0.2, 0.25) is 0 Å². The second-order valence-electron chi connectivity index (χ2n) is 6.96. The maximum atomic E-state index is 12.7. The molecule has 2 aromatic carbocycles. The molecule has 7 heteroatoms. The van der Waals surface area contributed by atoms with Crippen LogP contribution in [0, 0.1) is 0 Å². The van der Waals surface area contributed by atoms with Gasteiger partial charge in [0.15, 0.2) is 0 Å². The molecule has 1 aliphatic rings. The molecule has 2 amide bonds. The number of ether oxygens (including phenoxy) is 1. The fraction of sp³-hybridized carbons (Fsp3) is 0.318. The summed E-state index contributed by atoms with van der Waals surface area (Å²) < 4.78 is 5.09. The second kappa shape index (κ2) is 9.34. The Bertz CT molecular complexity index is 889. The van der Waals surface area contributed by atoms with E-state index in [0.29, 0.717) is 5.69 Å². The summed E-state index contributed by atoms with van der Waals surface area (Å²) in [6, 6.07) is 13.8. The van der Waals surface area contributed by atoms with Gasteiger partial charge in [0.1, 0.15) is 5.75 Å². The van der Waals surface area contributed by atoms with Crippen molar-refractivity contribution >= 4 is 23.5 Å². The van der Waals surface area contributed by atoms with Crippen molar-refractivity contribution in [3.63, 3.8) is 0 Å². The normalized spacial score (nSPS) is 14.8. The van der Waals surface area contributed by atoms with Gasteiger partial charge >= 0.3 is 5.97 Å². The lowest BCUT2D eigenvalue weighted by atomic mass is 9.99. The van der Waals surface area contributed by atoms with Gasteiger partial charge in [-0.15, -0.1) is 0 Å². The Hall–Kier alpha value is -3.19. The van der Waals surface area contributed by atoms with Crippen LogP contribution in [-0.2, 0) is 9.59 Å². The van der Waals surface area contributed by atoms with Crippen LogP contribution in [0.25, 0.3) is 0 Å². The zero-order chi connectivity index (χ0) is 20.8. The molecular weight excluding hydrogens is 370 g/mol. The van der Waals surface area contributed by atoms with Crippen LogP contribution in [0.1, 0.15) is 35.7 Å². The summed E-state index contributed by atoms with van der Waals surface area (Å²) in [5.41, 5.74) is 1.76. The summed E-state index contributed by atoms with van der Waals surface area (Å²) in [5.74, 6) is -0.789. The Morgan fingerprint density at radius 1 is 1.03 bits per heavy atom. The summed E-state index contributed by atoms with van der Waals surface area (Å²) >= 11 is 0. The predicted molar refractivity (Wildman–Crippen MR) is 110 cm³/mol. The predicted octanol–water partition coefficient (Wildman–Crippen LogP) is 2.40. The molecule has 0 saturated carbocycles. The molecule has 1 unspecified atom stereocenters. The third kappa shape index (κ3) is 5.20. The lowest BCUT2D eigenvalue weighted by molar-refractivity contribution is -0.133. The smallest absolute Gasteiger partial charge is 0.308 e. The van der Waals surface area contributed by atoms with Gasteiger partial charge in [-0.05, 0) is 36.8 Å². The van der Waals surface area contributed by atoms with Crippen molar-refractivity contribution in [2.45, 2.75) is 19.8 Å². The van der Waals surface area contributed by atoms with E-state index in [1.54, 1.807) is 36.4 Å². The molecule has 0 radical (unpaired) electrons. The van der Waals surface area contributed by atoms with Crippen LogP contribution in [-0.4, -0.2) is 48.9 Å². The number of nitrogens with one attached hydrogen (secondary N) is 2. The summed E-state index contributed by atoms with van der Waals surface area (Å²) in [7, 11) is 0. The standard InChI is InChI=1S/C22H25N3O4/c1-15(22(28)25-13-11-23-12-14-25)17-7-9-18(10-8-17)24-21(27)19-5-3-4-6-20(19)29-16(2)26/h3-10,15,23H,11-14H2,1-2H3,(H,24,27). The molecule has 1 atom stereocenters. The van der Waals surface area contributed by atoms with Gasteiger partial charge in [0, 0.05) is 38.8 Å². The molecule has 0 aromatic heterocycles. The topological polar surface area (TPSA) is 87.7 Å². The van der Waals surface area contributed by atoms with Crippen molar-refractivity contribution < 1.29 is 19.1 Å². The molecular formula is C22H25N3O4. The number of benzene rings is 2. The Kier molecular flexibility index (Phi) is 6.61. The molecule has 2 N–H and O–H groups in total. The van der Waals surface area contributed by atoms with Crippen molar-refractivity contribution in [3.8, 4) is 5.75 Å². The van der Waals surface area contributed by atoms with Crippen LogP contribution in [0.4, 0.5) is 5.69 Å². The molecule has 152 valence electrons. The average molecular weight is 395 g/mol.